The highest BCUT2D eigenvalue weighted by Gasteiger charge is 2.60. The molecular weight excluding hydrogens is 712 g/mol. The third-order valence-corrected chi connectivity index (χ3v) is 8.32. The Kier molecular flexibility index (Phi) is 13.9. The first kappa shape index (κ1) is 41.1. The highest BCUT2D eigenvalue weighted by atomic mass is 16.8. The quantitative estimate of drug-likeness (QED) is 0.0765. The van der Waals surface area contributed by atoms with Gasteiger partial charge >= 0.3 is 11.9 Å². The zero-order valence-corrected chi connectivity index (χ0v) is 28.9. The molecule has 2 aliphatic heterocycles. The normalized spacial score (nSPS) is 28.6. The Balaban J connectivity index is 1.48. The Morgan fingerprint density at radius 3 is 1.66 bits per heavy atom. The molecule has 2 aliphatic rings. The van der Waals surface area contributed by atoms with Gasteiger partial charge < -0.3 is 83.5 Å². The van der Waals surface area contributed by atoms with Gasteiger partial charge in [-0.05, 0) is 47.5 Å². The Bertz CT molecular complexity index is 1590. The molecule has 0 radical (unpaired) electrons. The Morgan fingerprint density at radius 2 is 1.21 bits per heavy atom. The van der Waals surface area contributed by atoms with Crippen molar-refractivity contribution in [1.82, 2.24) is 0 Å². The number of esters is 2. The van der Waals surface area contributed by atoms with Crippen molar-refractivity contribution >= 4 is 24.1 Å². The second-order valence-electron chi connectivity index (χ2n) is 11.6. The average Bonchev–Trinajstić information content (AvgIpc) is 3.42. The summed E-state index contributed by atoms with van der Waals surface area (Å²) in [5.74, 6) is -4.86. The summed E-state index contributed by atoms with van der Waals surface area (Å²) < 4.78 is 47.8. The molecule has 19 nitrogen and oxygen atoms in total. The number of carbonyl (C=O) groups is 2. The summed E-state index contributed by atoms with van der Waals surface area (Å²) in [6.45, 7) is -2.69. The van der Waals surface area contributed by atoms with Gasteiger partial charge in [-0.2, -0.15) is 0 Å². The van der Waals surface area contributed by atoms with E-state index in [0.717, 1.165) is 12.2 Å². The molecule has 8 N–H and O–H groups in total. The topological polar surface area (TPSA) is 279 Å². The third-order valence-electron chi connectivity index (χ3n) is 8.32. The Labute approximate surface area is 302 Å². The van der Waals surface area contributed by atoms with Crippen molar-refractivity contribution in [2.75, 3.05) is 48.3 Å². The minimum Gasteiger partial charge on any atom is -0.502 e. The van der Waals surface area contributed by atoms with Crippen LogP contribution in [0.4, 0.5) is 0 Å². The van der Waals surface area contributed by atoms with E-state index in [2.05, 4.69) is 0 Å². The number of hydrogen-bond acceptors (Lipinski definition) is 19. The SMILES string of the molecule is COc1cc(/C=C/C(=O)OC[C@H]2O[C@H](O[C@@]3(CO)O[C@@H](CO)[C@H](O)[C@H]3OC(=O)/C=C/c3cc(OC)c(O)c(OC)c3)[C@H](O)[C@@H](O)[C@@H]2O)cc(OC)c1O. The zero-order valence-electron chi connectivity index (χ0n) is 28.9. The lowest BCUT2D eigenvalue weighted by Crippen LogP contribution is -2.63. The molecule has 0 aromatic heterocycles. The van der Waals surface area contributed by atoms with E-state index in [9.17, 15) is 50.4 Å². The van der Waals surface area contributed by atoms with Crippen LogP contribution in [0, 0.1) is 0 Å². The molecule has 2 saturated heterocycles. The van der Waals surface area contributed by atoms with Crippen molar-refractivity contribution in [3.63, 3.8) is 0 Å². The fourth-order valence-corrected chi connectivity index (χ4v) is 5.49. The van der Waals surface area contributed by atoms with Gasteiger partial charge in [0, 0.05) is 12.2 Å². The van der Waals surface area contributed by atoms with E-state index in [1.165, 1.54) is 64.9 Å². The lowest BCUT2D eigenvalue weighted by Gasteiger charge is -2.43. The molecule has 19 heteroatoms. The van der Waals surface area contributed by atoms with Crippen LogP contribution in [0.1, 0.15) is 11.1 Å². The lowest BCUT2D eigenvalue weighted by atomic mass is 9.98. The van der Waals surface area contributed by atoms with Gasteiger partial charge in [0.25, 0.3) is 0 Å². The minimum absolute atomic E-state index is 0.0366. The van der Waals surface area contributed by atoms with Crippen LogP contribution in [0.5, 0.6) is 34.5 Å². The van der Waals surface area contributed by atoms with Gasteiger partial charge in [0.05, 0.1) is 35.0 Å². The number of phenols is 2. The van der Waals surface area contributed by atoms with E-state index >= 15 is 0 Å². The predicted molar refractivity (Wildman–Crippen MR) is 177 cm³/mol. The number of aliphatic hydroxyl groups is 6. The molecule has 0 amide bonds. The van der Waals surface area contributed by atoms with Crippen LogP contribution in [-0.2, 0) is 33.3 Å². The molecule has 53 heavy (non-hydrogen) atoms. The first-order chi connectivity index (χ1) is 25.3. The van der Waals surface area contributed by atoms with E-state index in [1.807, 2.05) is 0 Å². The maximum atomic E-state index is 12.9. The minimum atomic E-state index is -2.51. The fourth-order valence-electron chi connectivity index (χ4n) is 5.49. The molecule has 4 rings (SSSR count). The van der Waals surface area contributed by atoms with Gasteiger partial charge in [-0.25, -0.2) is 9.59 Å². The molecule has 2 aromatic rings. The molecule has 0 spiro atoms. The highest BCUT2D eigenvalue weighted by molar-refractivity contribution is 5.88. The van der Waals surface area contributed by atoms with Crippen molar-refractivity contribution in [3.8, 4) is 34.5 Å². The van der Waals surface area contributed by atoms with Gasteiger partial charge in [0.15, 0.2) is 35.4 Å². The summed E-state index contributed by atoms with van der Waals surface area (Å²) in [7, 11) is 5.26. The highest BCUT2D eigenvalue weighted by Crippen LogP contribution is 2.40. The number of phenolic OH excluding ortho intramolecular Hbond substituents is 2. The predicted octanol–water partition coefficient (Wildman–Crippen LogP) is -1.42. The molecule has 2 fully saturated rings. The van der Waals surface area contributed by atoms with Gasteiger partial charge in [-0.3, -0.25) is 0 Å². The summed E-state index contributed by atoms with van der Waals surface area (Å²) in [6.07, 6.45) is -9.97. The number of carbonyl (C=O) groups excluding carboxylic acids is 2. The summed E-state index contributed by atoms with van der Waals surface area (Å²) in [4.78, 5) is 25.5. The van der Waals surface area contributed by atoms with Gasteiger partial charge in [-0.15, -0.1) is 0 Å². The van der Waals surface area contributed by atoms with Crippen LogP contribution in [0.25, 0.3) is 12.2 Å². The molecule has 2 heterocycles. The van der Waals surface area contributed by atoms with Crippen molar-refractivity contribution in [2.24, 2.45) is 0 Å². The number of benzene rings is 2. The summed E-state index contributed by atoms with van der Waals surface area (Å²) in [5, 5.41) is 83.3. The lowest BCUT2D eigenvalue weighted by molar-refractivity contribution is -0.383. The van der Waals surface area contributed by atoms with Crippen LogP contribution in [0.3, 0.4) is 0 Å². The number of aromatic hydroxyl groups is 2. The Morgan fingerprint density at radius 1 is 0.717 bits per heavy atom. The van der Waals surface area contributed by atoms with Crippen LogP contribution in [0.15, 0.2) is 36.4 Å². The average molecular weight is 755 g/mol. The van der Waals surface area contributed by atoms with Crippen molar-refractivity contribution < 1.29 is 93.1 Å². The molecular formula is C34H42O19. The van der Waals surface area contributed by atoms with Gasteiger partial charge in [-0.1, -0.05) is 0 Å². The van der Waals surface area contributed by atoms with Crippen LogP contribution < -0.4 is 18.9 Å². The molecule has 9 atom stereocenters. The second kappa shape index (κ2) is 17.9. The molecule has 0 unspecified atom stereocenters. The van der Waals surface area contributed by atoms with Crippen molar-refractivity contribution in [2.45, 2.75) is 54.8 Å². The number of hydrogen-bond donors (Lipinski definition) is 8. The number of aliphatic hydroxyl groups excluding tert-OH is 6. The van der Waals surface area contributed by atoms with E-state index < -0.39 is 86.6 Å². The summed E-state index contributed by atoms with van der Waals surface area (Å²) in [5.41, 5.74) is 0.708. The monoisotopic (exact) mass is 754 g/mol. The first-order valence-electron chi connectivity index (χ1n) is 15.8. The first-order valence-corrected chi connectivity index (χ1v) is 15.8. The van der Waals surface area contributed by atoms with Crippen LogP contribution >= 0.6 is 0 Å². The van der Waals surface area contributed by atoms with Gasteiger partial charge in [0.1, 0.15) is 49.8 Å². The maximum Gasteiger partial charge on any atom is 0.331 e. The largest absolute Gasteiger partial charge is 0.502 e. The van der Waals surface area contributed by atoms with Crippen molar-refractivity contribution in [1.29, 1.82) is 0 Å². The standard InChI is InChI=1S/C34H42O19/c1-45-18-9-16(10-19(46-2)26(18)39)5-7-24(37)49-14-23-28(41)30(43)31(44)33(50-23)53-34(15-36)32(29(42)22(13-35)52-34)51-25(38)8-6-17-11-20(47-3)27(40)21(12-17)48-4/h5-12,22-23,28-33,35-36,39-44H,13-15H2,1-4H3/b7-5+,8-6+/t22-,23+,28+,29-,30-,31+,32+,33+,34+/m0/s1. The van der Waals surface area contributed by atoms with Crippen LogP contribution in [-0.4, -0.2) is 156 Å². The molecule has 0 saturated carbocycles. The fraction of sp³-hybridized carbons (Fsp3) is 0.471. The van der Waals surface area contributed by atoms with Gasteiger partial charge in [0.2, 0.25) is 17.3 Å². The summed E-state index contributed by atoms with van der Waals surface area (Å²) >= 11 is 0. The van der Waals surface area contributed by atoms with E-state index in [-0.39, 0.29) is 34.5 Å². The number of ether oxygens (including phenoxy) is 9. The molecule has 292 valence electrons. The number of rotatable bonds is 15. The molecule has 0 aliphatic carbocycles. The van der Waals surface area contributed by atoms with E-state index in [4.69, 9.17) is 42.6 Å². The Hall–Kier alpha value is -4.70. The molecule has 0 bridgehead atoms. The molecule has 2 aromatic carbocycles. The summed E-state index contributed by atoms with van der Waals surface area (Å²) in [6, 6.07) is 5.60. The van der Waals surface area contributed by atoms with E-state index in [1.54, 1.807) is 0 Å². The smallest absolute Gasteiger partial charge is 0.331 e. The maximum absolute atomic E-state index is 12.9. The third kappa shape index (κ3) is 9.10. The van der Waals surface area contributed by atoms with Crippen molar-refractivity contribution in [3.05, 3.63) is 47.5 Å². The number of methoxy groups -OCH3 is 4. The second-order valence-corrected chi connectivity index (χ2v) is 11.6. The van der Waals surface area contributed by atoms with Crippen LogP contribution in [0.2, 0.25) is 0 Å². The zero-order chi connectivity index (χ0) is 39.0. The van der Waals surface area contributed by atoms with E-state index in [0.29, 0.717) is 11.1 Å².